The number of hydrogen-bond donors (Lipinski definition) is 0. The van der Waals surface area contributed by atoms with Gasteiger partial charge in [0.15, 0.2) is 0 Å². The lowest BCUT2D eigenvalue weighted by molar-refractivity contribution is -0.141. The van der Waals surface area contributed by atoms with Gasteiger partial charge in [-0.1, -0.05) is 55.5 Å². The van der Waals surface area contributed by atoms with Gasteiger partial charge in [-0.15, -0.1) is 0 Å². The number of alkyl halides is 3. The molecule has 0 N–H and O–H groups in total. The predicted octanol–water partition coefficient (Wildman–Crippen LogP) is 5.80. The van der Waals surface area contributed by atoms with E-state index < -0.39 is 33.4 Å². The summed E-state index contributed by atoms with van der Waals surface area (Å²) in [6.45, 7) is 1.64. The van der Waals surface area contributed by atoms with Crippen molar-refractivity contribution in [1.29, 1.82) is 0 Å². The van der Waals surface area contributed by atoms with Crippen molar-refractivity contribution >= 4 is 15.6 Å². The van der Waals surface area contributed by atoms with Gasteiger partial charge < -0.3 is 0 Å². The minimum absolute atomic E-state index is 0.0332. The van der Waals surface area contributed by atoms with Crippen LogP contribution in [-0.2, 0) is 33.6 Å². The smallest absolute Gasteiger partial charge is 0.299 e. The molecule has 3 rings (SSSR count). The van der Waals surface area contributed by atoms with Gasteiger partial charge in [-0.25, -0.2) is 17.8 Å². The number of hydrogen-bond acceptors (Lipinski definition) is 4. The number of halogens is 4. The Kier molecular flexibility index (Phi) is 8.10. The first kappa shape index (κ1) is 26.5. The molecule has 0 amide bonds. The highest BCUT2D eigenvalue weighted by atomic mass is 32.2. The van der Waals surface area contributed by atoms with E-state index in [0.29, 0.717) is 16.7 Å². The quantitative estimate of drug-likeness (QED) is 0.344. The van der Waals surface area contributed by atoms with E-state index in [-0.39, 0.29) is 42.1 Å². The van der Waals surface area contributed by atoms with E-state index in [0.717, 1.165) is 12.3 Å². The second kappa shape index (κ2) is 10.7. The summed E-state index contributed by atoms with van der Waals surface area (Å²) in [5.74, 6) is -1.60. The molecule has 0 aliphatic rings. The fraction of sp³-hybridized carbons (Fsp3) is 0.308. The van der Waals surface area contributed by atoms with Crippen molar-refractivity contribution in [2.45, 2.75) is 38.3 Å². The molecule has 0 radical (unpaired) electrons. The molecule has 0 aliphatic heterocycles. The predicted molar refractivity (Wildman–Crippen MR) is 126 cm³/mol. The summed E-state index contributed by atoms with van der Waals surface area (Å²) in [4.78, 5) is 16.7. The summed E-state index contributed by atoms with van der Waals surface area (Å²) in [7, 11) is -3.24. The number of aryl methyl sites for hydroxylation is 2. The number of carbonyl (C=O) groups excluding carboxylic acids is 1. The number of nitrogens with zero attached hydrogens (tertiary/aromatic N) is 1. The normalized spacial score (nSPS) is 13.0. The highest BCUT2D eigenvalue weighted by molar-refractivity contribution is 7.90. The summed E-state index contributed by atoms with van der Waals surface area (Å²) < 4.78 is 76.8. The molecule has 0 aliphatic carbocycles. The third kappa shape index (κ3) is 7.21. The van der Waals surface area contributed by atoms with Gasteiger partial charge in [0.2, 0.25) is 0 Å². The van der Waals surface area contributed by atoms with Gasteiger partial charge in [0.25, 0.3) is 0 Å². The Morgan fingerprint density at radius 2 is 1.63 bits per heavy atom. The highest BCUT2D eigenvalue weighted by Gasteiger charge is 2.33. The van der Waals surface area contributed by atoms with Crippen molar-refractivity contribution in [3.8, 4) is 11.3 Å². The number of Topliss-reactive ketones (excluding diaryl/α,β-unsaturated/α-hetero) is 1. The lowest BCUT2D eigenvalue weighted by Gasteiger charge is -2.15. The molecule has 35 heavy (non-hydrogen) atoms. The van der Waals surface area contributed by atoms with Crippen LogP contribution in [0.2, 0.25) is 0 Å². The van der Waals surface area contributed by atoms with Crippen molar-refractivity contribution in [3.63, 3.8) is 0 Å². The van der Waals surface area contributed by atoms with Gasteiger partial charge in [-0.3, -0.25) is 4.79 Å². The number of ketones is 1. The molecule has 1 heterocycles. The van der Waals surface area contributed by atoms with Crippen LogP contribution in [0.4, 0.5) is 17.6 Å². The maximum absolute atomic E-state index is 14.5. The first-order valence-corrected chi connectivity index (χ1v) is 13.0. The van der Waals surface area contributed by atoms with Gasteiger partial charge >= 0.3 is 6.18 Å². The largest absolute Gasteiger partial charge is 0.433 e. The number of benzene rings is 2. The molecule has 0 fully saturated rings. The number of rotatable bonds is 9. The van der Waals surface area contributed by atoms with Crippen LogP contribution in [0.3, 0.4) is 0 Å². The summed E-state index contributed by atoms with van der Waals surface area (Å²) in [6, 6.07) is 15.0. The maximum Gasteiger partial charge on any atom is 0.433 e. The van der Waals surface area contributed by atoms with Crippen LogP contribution in [0.25, 0.3) is 11.3 Å². The third-order valence-electron chi connectivity index (χ3n) is 5.76. The number of aromatic nitrogens is 1. The van der Waals surface area contributed by atoms with Crippen molar-refractivity contribution in [2.24, 2.45) is 0 Å². The van der Waals surface area contributed by atoms with Gasteiger partial charge in [0.1, 0.15) is 27.1 Å². The molecule has 0 bridgehead atoms. The lowest BCUT2D eigenvalue weighted by Crippen LogP contribution is -2.13. The van der Waals surface area contributed by atoms with E-state index >= 15 is 0 Å². The van der Waals surface area contributed by atoms with E-state index in [9.17, 15) is 30.8 Å². The number of sulfone groups is 1. The molecule has 9 heteroatoms. The second-order valence-corrected chi connectivity index (χ2v) is 10.7. The fourth-order valence-electron chi connectivity index (χ4n) is 3.68. The Balaban J connectivity index is 1.76. The molecule has 1 aromatic heterocycles. The molecule has 0 spiro atoms. The molecule has 0 saturated carbocycles. The highest BCUT2D eigenvalue weighted by Crippen LogP contribution is 2.32. The average molecular weight is 508 g/mol. The van der Waals surface area contributed by atoms with Crippen LogP contribution in [0, 0.1) is 5.82 Å². The van der Waals surface area contributed by atoms with Gasteiger partial charge in [0, 0.05) is 24.2 Å². The van der Waals surface area contributed by atoms with E-state index in [4.69, 9.17) is 0 Å². The molecule has 0 saturated heterocycles. The minimum atomic E-state index is -4.59. The first-order chi connectivity index (χ1) is 16.3. The molecule has 2 aromatic carbocycles. The SMILES string of the molecule is CC(C(=O)CCc1ccc(C(F)(F)F)nc1-c1ccccc1)c1ccc(CCS(C)(=O)=O)c(F)c1. The van der Waals surface area contributed by atoms with Crippen molar-refractivity contribution in [3.05, 3.63) is 88.9 Å². The lowest BCUT2D eigenvalue weighted by atomic mass is 9.91. The topological polar surface area (TPSA) is 64.1 Å². The Morgan fingerprint density at radius 3 is 2.23 bits per heavy atom. The Hall–Kier alpha value is -3.07. The summed E-state index contributed by atoms with van der Waals surface area (Å²) >= 11 is 0. The second-order valence-electron chi connectivity index (χ2n) is 8.49. The zero-order valence-corrected chi connectivity index (χ0v) is 20.1. The van der Waals surface area contributed by atoms with Crippen LogP contribution >= 0.6 is 0 Å². The minimum Gasteiger partial charge on any atom is -0.299 e. The van der Waals surface area contributed by atoms with Gasteiger partial charge in [-0.2, -0.15) is 13.2 Å². The Labute approximate surface area is 201 Å². The summed E-state index contributed by atoms with van der Waals surface area (Å²) in [5.41, 5.74) is 0.882. The van der Waals surface area contributed by atoms with Crippen LogP contribution in [-0.4, -0.2) is 31.2 Å². The van der Waals surface area contributed by atoms with E-state index in [1.54, 1.807) is 43.3 Å². The zero-order valence-electron chi connectivity index (χ0n) is 19.3. The molecular formula is C26H25F4NO3S. The van der Waals surface area contributed by atoms with E-state index in [1.165, 1.54) is 18.2 Å². The zero-order chi connectivity index (χ0) is 25.8. The monoisotopic (exact) mass is 507 g/mol. The summed E-state index contributed by atoms with van der Waals surface area (Å²) in [5, 5.41) is 0. The Morgan fingerprint density at radius 1 is 0.971 bits per heavy atom. The molecule has 186 valence electrons. The maximum atomic E-state index is 14.5. The van der Waals surface area contributed by atoms with Crippen LogP contribution in [0.1, 0.15) is 41.6 Å². The van der Waals surface area contributed by atoms with Crippen molar-refractivity contribution in [2.75, 3.05) is 12.0 Å². The molecule has 4 nitrogen and oxygen atoms in total. The Bertz CT molecular complexity index is 1310. The standard InChI is InChI=1S/C26H25F4NO3S/c1-17(21-9-8-18(22(27)16-21)14-15-35(2,33)34)23(32)12-10-20-11-13-24(26(28,29)30)31-25(20)19-6-4-3-5-7-19/h3-9,11,13,16-17H,10,12,14-15H2,1-2H3. The number of pyridine rings is 1. The molecule has 1 unspecified atom stereocenters. The van der Waals surface area contributed by atoms with Crippen molar-refractivity contribution < 1.29 is 30.8 Å². The fourth-order valence-corrected chi connectivity index (χ4v) is 4.28. The molecule has 3 aromatic rings. The summed E-state index contributed by atoms with van der Waals surface area (Å²) in [6.07, 6.45) is -3.27. The first-order valence-electron chi connectivity index (χ1n) is 11.0. The average Bonchev–Trinajstić information content (AvgIpc) is 2.80. The van der Waals surface area contributed by atoms with Crippen LogP contribution < -0.4 is 0 Å². The van der Waals surface area contributed by atoms with Crippen LogP contribution in [0.15, 0.2) is 60.7 Å². The molecular weight excluding hydrogens is 482 g/mol. The van der Waals surface area contributed by atoms with Crippen molar-refractivity contribution in [1.82, 2.24) is 4.98 Å². The molecule has 1 atom stereocenters. The van der Waals surface area contributed by atoms with Crippen LogP contribution in [0.5, 0.6) is 0 Å². The van der Waals surface area contributed by atoms with Gasteiger partial charge in [-0.05, 0) is 41.7 Å². The van der Waals surface area contributed by atoms with E-state index in [1.807, 2.05) is 0 Å². The van der Waals surface area contributed by atoms with E-state index in [2.05, 4.69) is 4.98 Å². The third-order valence-corrected chi connectivity index (χ3v) is 6.71. The van der Waals surface area contributed by atoms with Gasteiger partial charge in [0.05, 0.1) is 11.4 Å². The number of carbonyl (C=O) groups is 1.